The van der Waals surface area contributed by atoms with Gasteiger partial charge in [-0.2, -0.15) is 0 Å². The van der Waals surface area contributed by atoms with E-state index in [1.54, 1.807) is 0 Å². The van der Waals surface area contributed by atoms with Crippen molar-refractivity contribution in [2.75, 3.05) is 13.1 Å². The smallest absolute Gasteiger partial charge is 0.0145 e. The van der Waals surface area contributed by atoms with Crippen LogP contribution in [0.15, 0.2) is 0 Å². The first-order valence-corrected chi connectivity index (χ1v) is 4.73. The minimum atomic E-state index is 0.722. The average Bonchev–Trinajstić information content (AvgIpc) is 2.01. The Bertz CT molecular complexity index is 76.0. The summed E-state index contributed by atoms with van der Waals surface area (Å²) in [7, 11) is 0. The molecule has 0 aromatic carbocycles. The van der Waals surface area contributed by atoms with Crippen LogP contribution in [-0.4, -0.2) is 18.2 Å². The van der Waals surface area contributed by atoms with Crippen LogP contribution in [0.3, 0.4) is 0 Å². The maximum absolute atomic E-state index is 11.0. The van der Waals surface area contributed by atoms with Crippen LogP contribution in [0.25, 0.3) is 0 Å². The molecule has 0 fully saturated rings. The molecule has 11 heavy (non-hydrogen) atoms. The van der Waals surface area contributed by atoms with Crippen molar-refractivity contribution in [3.05, 3.63) is 5.21 Å². The lowest BCUT2D eigenvalue weighted by atomic mass is 10.2. The molecule has 0 radical (unpaired) electrons. The van der Waals surface area contributed by atoms with Gasteiger partial charge in [-0.1, -0.05) is 33.1 Å². The molecule has 0 aliphatic heterocycles. The number of unbranched alkanes of at least 4 members (excludes halogenated alkanes) is 3. The fourth-order valence-electron chi connectivity index (χ4n) is 0.984. The molecule has 0 aliphatic carbocycles. The van der Waals surface area contributed by atoms with Gasteiger partial charge >= 0.3 is 0 Å². The largest absolute Gasteiger partial charge is 0.785 e. The van der Waals surface area contributed by atoms with E-state index in [0.29, 0.717) is 0 Å². The van der Waals surface area contributed by atoms with Crippen LogP contribution in [0.1, 0.15) is 46.0 Å². The van der Waals surface area contributed by atoms with Gasteiger partial charge < -0.3 is 10.3 Å². The number of hydroxylamine groups is 2. The summed E-state index contributed by atoms with van der Waals surface area (Å²) in [5, 5.41) is 12.2. The summed E-state index contributed by atoms with van der Waals surface area (Å²) in [6, 6.07) is 0. The number of nitrogens with zero attached hydrogens (tertiary/aromatic N) is 1. The van der Waals surface area contributed by atoms with Gasteiger partial charge in [0, 0.05) is 0 Å². The van der Waals surface area contributed by atoms with Gasteiger partial charge in [0.25, 0.3) is 0 Å². The van der Waals surface area contributed by atoms with Gasteiger partial charge in [0.1, 0.15) is 0 Å². The van der Waals surface area contributed by atoms with E-state index in [4.69, 9.17) is 0 Å². The zero-order valence-corrected chi connectivity index (χ0v) is 7.81. The summed E-state index contributed by atoms with van der Waals surface area (Å²) in [4.78, 5) is 0. The first kappa shape index (κ1) is 10.9. The monoisotopic (exact) mass is 158 g/mol. The zero-order valence-electron chi connectivity index (χ0n) is 7.81. The maximum Gasteiger partial charge on any atom is -0.0145 e. The second-order valence-electron chi connectivity index (χ2n) is 2.99. The lowest BCUT2D eigenvalue weighted by Gasteiger charge is -2.27. The van der Waals surface area contributed by atoms with Crippen LogP contribution in [-0.2, 0) is 0 Å². The first-order chi connectivity index (χ1) is 5.31. The van der Waals surface area contributed by atoms with Crippen molar-refractivity contribution in [3.8, 4) is 0 Å². The van der Waals surface area contributed by atoms with Crippen LogP contribution >= 0.6 is 0 Å². The van der Waals surface area contributed by atoms with Crippen molar-refractivity contribution in [2.24, 2.45) is 0 Å². The van der Waals surface area contributed by atoms with Crippen LogP contribution < -0.4 is 0 Å². The highest BCUT2D eigenvalue weighted by Crippen LogP contribution is 1.98. The summed E-state index contributed by atoms with van der Waals surface area (Å²) < 4.78 is 0. The molecule has 2 heteroatoms. The lowest BCUT2D eigenvalue weighted by molar-refractivity contribution is 0.358. The molecule has 0 rings (SSSR count). The summed E-state index contributed by atoms with van der Waals surface area (Å²) in [5.41, 5.74) is 0. The molecule has 0 amide bonds. The van der Waals surface area contributed by atoms with E-state index in [2.05, 4.69) is 13.8 Å². The van der Waals surface area contributed by atoms with Gasteiger partial charge in [-0.3, -0.25) is 0 Å². The standard InChI is InChI=1S/C9H20NO/c1-3-5-7-9-10(11)8-6-4-2/h3-9H2,1-2H3/q-1. The molecule has 0 aromatic heterocycles. The Hall–Kier alpha value is -0.0800. The van der Waals surface area contributed by atoms with E-state index in [1.807, 2.05) is 0 Å². The van der Waals surface area contributed by atoms with Gasteiger partial charge in [0.15, 0.2) is 0 Å². The Morgan fingerprint density at radius 3 is 2.00 bits per heavy atom. The van der Waals surface area contributed by atoms with Gasteiger partial charge in [-0.05, 0) is 25.9 Å². The summed E-state index contributed by atoms with van der Waals surface area (Å²) in [6.45, 7) is 5.72. The van der Waals surface area contributed by atoms with Crippen molar-refractivity contribution in [1.82, 2.24) is 5.06 Å². The van der Waals surface area contributed by atoms with Crippen LogP contribution in [0.2, 0.25) is 0 Å². The van der Waals surface area contributed by atoms with Crippen LogP contribution in [0, 0.1) is 5.21 Å². The fourth-order valence-corrected chi connectivity index (χ4v) is 0.984. The molecule has 0 atom stereocenters. The third-order valence-electron chi connectivity index (χ3n) is 1.77. The first-order valence-electron chi connectivity index (χ1n) is 4.73. The Kier molecular flexibility index (Phi) is 7.96. The fraction of sp³-hybridized carbons (Fsp3) is 1.00. The zero-order chi connectivity index (χ0) is 8.53. The number of rotatable bonds is 7. The molecule has 0 heterocycles. The molecular weight excluding hydrogens is 138 g/mol. The minimum Gasteiger partial charge on any atom is -0.785 e. The molecule has 0 aliphatic rings. The van der Waals surface area contributed by atoms with Gasteiger partial charge in [-0.15, -0.1) is 0 Å². The van der Waals surface area contributed by atoms with Crippen molar-refractivity contribution < 1.29 is 0 Å². The predicted octanol–water partition coefficient (Wildman–Crippen LogP) is 2.78. The van der Waals surface area contributed by atoms with Crippen molar-refractivity contribution in [3.63, 3.8) is 0 Å². The van der Waals surface area contributed by atoms with E-state index >= 15 is 0 Å². The van der Waals surface area contributed by atoms with E-state index in [-0.39, 0.29) is 0 Å². The Morgan fingerprint density at radius 1 is 0.909 bits per heavy atom. The molecule has 2 nitrogen and oxygen atoms in total. The molecule has 68 valence electrons. The second-order valence-corrected chi connectivity index (χ2v) is 2.99. The molecule has 0 aromatic rings. The highest BCUT2D eigenvalue weighted by atomic mass is 16.5. The quantitative estimate of drug-likeness (QED) is 0.420. The van der Waals surface area contributed by atoms with E-state index < -0.39 is 0 Å². The molecule has 0 N–H and O–H groups in total. The predicted molar refractivity (Wildman–Crippen MR) is 49.4 cm³/mol. The van der Waals surface area contributed by atoms with Gasteiger partial charge in [0.2, 0.25) is 0 Å². The second kappa shape index (κ2) is 8.02. The Labute approximate surface area is 70.2 Å². The summed E-state index contributed by atoms with van der Waals surface area (Å²) >= 11 is 0. The maximum atomic E-state index is 11.0. The topological polar surface area (TPSA) is 26.3 Å². The van der Waals surface area contributed by atoms with Crippen molar-refractivity contribution in [2.45, 2.75) is 46.0 Å². The van der Waals surface area contributed by atoms with E-state index in [9.17, 15) is 5.21 Å². The normalized spacial score (nSPS) is 10.9. The third-order valence-corrected chi connectivity index (χ3v) is 1.77. The highest BCUT2D eigenvalue weighted by molar-refractivity contribution is 4.56. The molecule has 0 saturated carbocycles. The average molecular weight is 158 g/mol. The summed E-state index contributed by atoms with van der Waals surface area (Å²) in [6.07, 6.45) is 5.60. The Morgan fingerprint density at radius 2 is 1.45 bits per heavy atom. The minimum absolute atomic E-state index is 0.722. The van der Waals surface area contributed by atoms with Gasteiger partial charge in [0.05, 0.1) is 0 Å². The molecule has 0 bridgehead atoms. The highest BCUT2D eigenvalue weighted by Gasteiger charge is 1.90. The SMILES string of the molecule is CCCCCN([O-])CCCC. The Balaban J connectivity index is 3.02. The van der Waals surface area contributed by atoms with Crippen LogP contribution in [0.4, 0.5) is 0 Å². The van der Waals surface area contributed by atoms with E-state index in [0.717, 1.165) is 32.4 Å². The van der Waals surface area contributed by atoms with Crippen molar-refractivity contribution in [1.29, 1.82) is 0 Å². The summed E-state index contributed by atoms with van der Waals surface area (Å²) in [5.74, 6) is 0. The number of hydrogen-bond acceptors (Lipinski definition) is 2. The molecular formula is C9H20NO-. The third kappa shape index (κ3) is 7.82. The molecule has 0 saturated heterocycles. The lowest BCUT2D eigenvalue weighted by Crippen LogP contribution is -2.18. The molecule has 0 unspecified atom stereocenters. The van der Waals surface area contributed by atoms with Crippen LogP contribution in [0.5, 0.6) is 0 Å². The van der Waals surface area contributed by atoms with Gasteiger partial charge in [-0.25, -0.2) is 0 Å². The number of hydrogen-bond donors (Lipinski definition) is 0. The molecule has 0 spiro atoms. The van der Waals surface area contributed by atoms with Crippen molar-refractivity contribution >= 4 is 0 Å². The van der Waals surface area contributed by atoms with E-state index in [1.165, 1.54) is 17.9 Å².